The molecule has 0 aliphatic rings. The van der Waals surface area contributed by atoms with E-state index >= 15 is 0 Å². The molecule has 2 rings (SSSR count). The topological polar surface area (TPSA) is 52.3 Å². The highest BCUT2D eigenvalue weighted by atomic mass is 35.5. The molecule has 5 heteroatoms. The average molecular weight is 313 g/mol. The molecule has 1 heterocycles. The third-order valence-corrected chi connectivity index (χ3v) is 3.44. The molecule has 0 aliphatic heterocycles. The molecule has 0 spiro atoms. The van der Waals surface area contributed by atoms with Gasteiger partial charge in [0.2, 0.25) is 0 Å². The zero-order chi connectivity index (χ0) is 16.1. The molecule has 0 saturated heterocycles. The number of nitriles is 1. The molecule has 0 atom stereocenters. The molecule has 0 bridgehead atoms. The normalized spacial score (nSPS) is 10.7. The predicted octanol–water partition coefficient (Wildman–Crippen LogP) is 4.08. The summed E-state index contributed by atoms with van der Waals surface area (Å²) in [5.74, 6) is 0.485. The van der Waals surface area contributed by atoms with Crippen molar-refractivity contribution in [1.82, 2.24) is 4.98 Å². The van der Waals surface area contributed by atoms with Gasteiger partial charge in [-0.15, -0.1) is 0 Å². The summed E-state index contributed by atoms with van der Waals surface area (Å²) in [7, 11) is 0. The Morgan fingerprint density at radius 1 is 1.32 bits per heavy atom. The number of hydrogen-bond donors (Lipinski definition) is 0. The van der Waals surface area contributed by atoms with E-state index in [1.807, 2.05) is 45.0 Å². The van der Waals surface area contributed by atoms with Crippen molar-refractivity contribution in [3.63, 3.8) is 0 Å². The highest BCUT2D eigenvalue weighted by molar-refractivity contribution is 6.29. The number of hydrogen-bond acceptors (Lipinski definition) is 4. The number of halogens is 1. The monoisotopic (exact) mass is 312 g/mol. The van der Waals surface area contributed by atoms with E-state index in [4.69, 9.17) is 11.6 Å². The van der Waals surface area contributed by atoms with Gasteiger partial charge in [0.1, 0.15) is 11.2 Å². The molecule has 0 aliphatic carbocycles. The van der Waals surface area contributed by atoms with Crippen LogP contribution in [0.1, 0.15) is 29.2 Å². The first-order valence-electron chi connectivity index (χ1n) is 7.00. The number of anilines is 1. The SMILES string of the molecule is CCN(N=Cc1ccc(C)cc1)c1nc(Cl)cc(C)c1C#N. The summed E-state index contributed by atoms with van der Waals surface area (Å²) < 4.78 is 0. The maximum absolute atomic E-state index is 9.34. The van der Waals surface area contributed by atoms with Gasteiger partial charge in [0.05, 0.1) is 11.8 Å². The number of nitrogens with zero attached hydrogens (tertiary/aromatic N) is 4. The third-order valence-electron chi connectivity index (χ3n) is 3.25. The Kier molecular flexibility index (Phi) is 5.13. The van der Waals surface area contributed by atoms with Crippen LogP contribution in [0, 0.1) is 25.2 Å². The minimum atomic E-state index is 0.357. The fourth-order valence-electron chi connectivity index (χ4n) is 2.02. The largest absolute Gasteiger partial charge is 0.247 e. The van der Waals surface area contributed by atoms with Gasteiger partial charge >= 0.3 is 0 Å². The molecule has 0 N–H and O–H groups in total. The fraction of sp³-hybridized carbons (Fsp3) is 0.235. The third kappa shape index (κ3) is 3.63. The van der Waals surface area contributed by atoms with Gasteiger partial charge in [0.25, 0.3) is 0 Å². The van der Waals surface area contributed by atoms with Crippen LogP contribution in [-0.2, 0) is 0 Å². The van der Waals surface area contributed by atoms with Crippen molar-refractivity contribution in [2.45, 2.75) is 20.8 Å². The first-order chi connectivity index (χ1) is 10.5. The fourth-order valence-corrected chi connectivity index (χ4v) is 2.26. The summed E-state index contributed by atoms with van der Waals surface area (Å²) in [6.45, 7) is 6.42. The summed E-state index contributed by atoms with van der Waals surface area (Å²) in [4.78, 5) is 4.26. The van der Waals surface area contributed by atoms with Crippen LogP contribution in [0.5, 0.6) is 0 Å². The summed E-state index contributed by atoms with van der Waals surface area (Å²) in [6.07, 6.45) is 1.75. The van der Waals surface area contributed by atoms with Gasteiger partial charge in [0.15, 0.2) is 5.82 Å². The molecule has 112 valence electrons. The Hall–Kier alpha value is -2.38. The van der Waals surface area contributed by atoms with Crippen LogP contribution in [0.15, 0.2) is 35.4 Å². The average Bonchev–Trinajstić information content (AvgIpc) is 2.49. The second kappa shape index (κ2) is 7.06. The van der Waals surface area contributed by atoms with Gasteiger partial charge in [-0.1, -0.05) is 41.4 Å². The van der Waals surface area contributed by atoms with E-state index in [-0.39, 0.29) is 0 Å². The maximum atomic E-state index is 9.34. The molecule has 0 saturated carbocycles. The molecule has 0 amide bonds. The van der Waals surface area contributed by atoms with Crippen LogP contribution in [0.25, 0.3) is 0 Å². The number of rotatable bonds is 4. The molecular weight excluding hydrogens is 296 g/mol. The van der Waals surface area contributed by atoms with Crippen molar-refractivity contribution in [2.24, 2.45) is 5.10 Å². The van der Waals surface area contributed by atoms with Crippen molar-refractivity contribution in [1.29, 1.82) is 5.26 Å². The van der Waals surface area contributed by atoms with Crippen LogP contribution in [-0.4, -0.2) is 17.7 Å². The standard InChI is InChI=1S/C17H17ClN4/c1-4-22(20-11-14-7-5-12(2)6-8-14)17-15(10-19)13(3)9-16(18)21-17/h5-9,11H,4H2,1-3H3. The Bertz CT molecular complexity index is 730. The molecule has 22 heavy (non-hydrogen) atoms. The van der Waals surface area contributed by atoms with Crippen LogP contribution < -0.4 is 5.01 Å². The van der Waals surface area contributed by atoms with E-state index in [0.29, 0.717) is 23.1 Å². The van der Waals surface area contributed by atoms with Gasteiger partial charge in [-0.2, -0.15) is 10.4 Å². The van der Waals surface area contributed by atoms with Gasteiger partial charge in [0, 0.05) is 6.54 Å². The van der Waals surface area contributed by atoms with E-state index in [1.54, 1.807) is 17.3 Å². The van der Waals surface area contributed by atoms with Crippen molar-refractivity contribution in [2.75, 3.05) is 11.6 Å². The van der Waals surface area contributed by atoms with E-state index < -0.39 is 0 Å². The Morgan fingerprint density at radius 3 is 2.59 bits per heavy atom. The van der Waals surface area contributed by atoms with Crippen molar-refractivity contribution in [3.05, 3.63) is 57.7 Å². The van der Waals surface area contributed by atoms with Crippen LogP contribution in [0.3, 0.4) is 0 Å². The maximum Gasteiger partial charge on any atom is 0.168 e. The zero-order valence-corrected chi connectivity index (χ0v) is 13.6. The highest BCUT2D eigenvalue weighted by Crippen LogP contribution is 2.24. The number of pyridine rings is 1. The molecule has 0 unspecified atom stereocenters. The van der Waals surface area contributed by atoms with Crippen molar-refractivity contribution < 1.29 is 0 Å². The zero-order valence-electron chi connectivity index (χ0n) is 12.8. The van der Waals surface area contributed by atoms with Crippen molar-refractivity contribution >= 4 is 23.6 Å². The van der Waals surface area contributed by atoms with Gasteiger partial charge in [-0.3, -0.25) is 0 Å². The second-order valence-corrected chi connectivity index (χ2v) is 5.33. The molecule has 0 fully saturated rings. The lowest BCUT2D eigenvalue weighted by molar-refractivity contribution is 0.869. The molecule has 2 aromatic rings. The number of hydrazone groups is 1. The minimum absolute atomic E-state index is 0.357. The molecule has 1 aromatic heterocycles. The first-order valence-corrected chi connectivity index (χ1v) is 7.38. The lowest BCUT2D eigenvalue weighted by Crippen LogP contribution is -2.19. The molecule has 4 nitrogen and oxygen atoms in total. The Balaban J connectivity index is 2.37. The summed E-state index contributed by atoms with van der Waals surface area (Å²) >= 11 is 6.02. The number of aromatic nitrogens is 1. The van der Waals surface area contributed by atoms with E-state index in [9.17, 15) is 5.26 Å². The molecule has 1 aromatic carbocycles. The van der Waals surface area contributed by atoms with Crippen molar-refractivity contribution in [3.8, 4) is 6.07 Å². The van der Waals surface area contributed by atoms with E-state index in [1.165, 1.54) is 5.56 Å². The summed E-state index contributed by atoms with van der Waals surface area (Å²) in [5, 5.41) is 15.8. The smallest absolute Gasteiger partial charge is 0.168 e. The molecule has 0 radical (unpaired) electrons. The van der Waals surface area contributed by atoms with Gasteiger partial charge in [-0.25, -0.2) is 9.99 Å². The second-order valence-electron chi connectivity index (χ2n) is 4.94. The highest BCUT2D eigenvalue weighted by Gasteiger charge is 2.14. The predicted molar refractivity (Wildman–Crippen MR) is 90.5 cm³/mol. The van der Waals surface area contributed by atoms with E-state index in [0.717, 1.165) is 11.1 Å². The Labute approximate surface area is 135 Å². The Morgan fingerprint density at radius 2 is 2.00 bits per heavy atom. The van der Waals surface area contributed by atoms with Crippen LogP contribution in [0.4, 0.5) is 5.82 Å². The first kappa shape index (κ1) is 16.0. The lowest BCUT2D eigenvalue weighted by atomic mass is 10.1. The number of benzene rings is 1. The van der Waals surface area contributed by atoms with Gasteiger partial charge in [-0.05, 0) is 38.0 Å². The summed E-state index contributed by atoms with van der Waals surface area (Å²) in [5.41, 5.74) is 3.47. The lowest BCUT2D eigenvalue weighted by Gasteiger charge is -2.18. The van der Waals surface area contributed by atoms with Gasteiger partial charge < -0.3 is 0 Å². The minimum Gasteiger partial charge on any atom is -0.247 e. The van der Waals surface area contributed by atoms with Crippen LogP contribution in [0.2, 0.25) is 5.15 Å². The number of aryl methyl sites for hydroxylation is 2. The quantitative estimate of drug-likeness (QED) is 0.485. The van der Waals surface area contributed by atoms with Crippen LogP contribution >= 0.6 is 11.6 Å². The van der Waals surface area contributed by atoms with E-state index in [2.05, 4.69) is 16.2 Å². The summed E-state index contributed by atoms with van der Waals surface area (Å²) in [6, 6.07) is 11.9. The molecular formula is C17H17ClN4.